The van der Waals surface area contributed by atoms with Gasteiger partial charge in [0.2, 0.25) is 0 Å². The molecule has 1 aromatic carbocycles. The van der Waals surface area contributed by atoms with Crippen LogP contribution in [0, 0.1) is 5.92 Å². The van der Waals surface area contributed by atoms with Crippen molar-refractivity contribution in [1.82, 2.24) is 9.80 Å². The fraction of sp³-hybridized carbons (Fsp3) is 0.842. The predicted octanol–water partition coefficient (Wildman–Crippen LogP) is 8.27. The van der Waals surface area contributed by atoms with Crippen LogP contribution in [0.1, 0.15) is 135 Å². The lowest BCUT2D eigenvalue weighted by Crippen LogP contribution is -2.49. The van der Waals surface area contributed by atoms with Crippen molar-refractivity contribution in [2.45, 2.75) is 142 Å². The van der Waals surface area contributed by atoms with Crippen molar-refractivity contribution in [3.63, 3.8) is 0 Å². The largest absolute Gasteiger partial charge is 0.493 e. The molecule has 1 aromatic rings. The molecule has 1 heterocycles. The number of hydrogen-bond acceptors (Lipinski definition) is 6. The molecule has 1 aliphatic rings. The fourth-order valence-corrected chi connectivity index (χ4v) is 6.28. The zero-order valence-corrected chi connectivity index (χ0v) is 29.1. The Kier molecular flexibility index (Phi) is 22.8. The third kappa shape index (κ3) is 18.6. The number of aliphatic hydroxyl groups is 2. The summed E-state index contributed by atoms with van der Waals surface area (Å²) in [6.45, 7) is 13.1. The van der Waals surface area contributed by atoms with Gasteiger partial charge in [0.05, 0.1) is 13.2 Å². The van der Waals surface area contributed by atoms with Crippen LogP contribution in [0.4, 0.5) is 0 Å². The van der Waals surface area contributed by atoms with E-state index < -0.39 is 6.10 Å². The van der Waals surface area contributed by atoms with Gasteiger partial charge in [0.25, 0.3) is 0 Å². The Hall–Kier alpha value is -1.34. The van der Waals surface area contributed by atoms with E-state index in [0.717, 1.165) is 63.7 Å². The molecule has 6 heteroatoms. The smallest absolute Gasteiger partial charge is 0.123 e. The van der Waals surface area contributed by atoms with E-state index in [1.54, 1.807) is 0 Å². The molecule has 44 heavy (non-hydrogen) atoms. The second-order valence-electron chi connectivity index (χ2n) is 13.4. The first-order valence-corrected chi connectivity index (χ1v) is 18.7. The molecule has 1 fully saturated rings. The summed E-state index contributed by atoms with van der Waals surface area (Å²) in [6, 6.07) is 6.38. The van der Waals surface area contributed by atoms with Gasteiger partial charge in [-0.3, -0.25) is 9.80 Å². The quantitative estimate of drug-likeness (QED) is 0.0922. The van der Waals surface area contributed by atoms with Crippen LogP contribution in [0.2, 0.25) is 0 Å². The number of aliphatic hydroxyl groups excluding tert-OH is 2. The van der Waals surface area contributed by atoms with E-state index in [1.165, 1.54) is 108 Å². The van der Waals surface area contributed by atoms with Crippen LogP contribution < -0.4 is 9.47 Å². The Morgan fingerprint density at radius 2 is 1.18 bits per heavy atom. The van der Waals surface area contributed by atoms with Crippen molar-refractivity contribution < 1.29 is 19.7 Å². The van der Waals surface area contributed by atoms with Crippen molar-refractivity contribution in [3.8, 4) is 11.5 Å². The Bertz CT molecular complexity index is 799. The summed E-state index contributed by atoms with van der Waals surface area (Å²) in [5, 5.41) is 19.9. The molecule has 1 saturated heterocycles. The first kappa shape index (κ1) is 38.8. The summed E-state index contributed by atoms with van der Waals surface area (Å²) in [5.41, 5.74) is 1.27. The van der Waals surface area contributed by atoms with Gasteiger partial charge in [-0.15, -0.1) is 0 Å². The third-order valence-corrected chi connectivity index (χ3v) is 9.33. The molecule has 1 aliphatic heterocycles. The molecular formula is C38H70N2O4. The Morgan fingerprint density at radius 3 is 1.73 bits per heavy atom. The van der Waals surface area contributed by atoms with Crippen molar-refractivity contribution in [1.29, 1.82) is 0 Å². The number of rotatable bonds is 28. The van der Waals surface area contributed by atoms with E-state index in [4.69, 9.17) is 9.47 Å². The van der Waals surface area contributed by atoms with Gasteiger partial charge in [-0.1, -0.05) is 117 Å². The standard InChI is InChI=1S/C38H70N2O4/c1-4-7-9-10-11-12-13-14-15-16-17-18-19-21-35-28-37(43-32-34(6-3)20-8-5-2)30-38(29-35)44-33-36(42)31-40-24-22-39(23-25-40)26-27-41/h28-30,34,36,41-42H,4-27,31-33H2,1-3H3. The lowest BCUT2D eigenvalue weighted by atomic mass is 10.0. The minimum atomic E-state index is -0.535. The average Bonchev–Trinajstić information content (AvgIpc) is 3.03. The van der Waals surface area contributed by atoms with Crippen molar-refractivity contribution >= 4 is 0 Å². The van der Waals surface area contributed by atoms with Crippen LogP contribution >= 0.6 is 0 Å². The van der Waals surface area contributed by atoms with Gasteiger partial charge in [-0.2, -0.15) is 0 Å². The Balaban J connectivity index is 1.78. The van der Waals surface area contributed by atoms with Gasteiger partial charge in [0.1, 0.15) is 24.2 Å². The van der Waals surface area contributed by atoms with E-state index in [0.29, 0.717) is 12.5 Å². The predicted molar refractivity (Wildman–Crippen MR) is 186 cm³/mol. The minimum Gasteiger partial charge on any atom is -0.493 e. The van der Waals surface area contributed by atoms with Crippen LogP contribution in [0.5, 0.6) is 11.5 Å². The summed E-state index contributed by atoms with van der Waals surface area (Å²) >= 11 is 0. The van der Waals surface area contributed by atoms with Crippen molar-refractivity contribution in [2.24, 2.45) is 5.92 Å². The van der Waals surface area contributed by atoms with E-state index in [-0.39, 0.29) is 13.2 Å². The van der Waals surface area contributed by atoms with Gasteiger partial charge < -0.3 is 19.7 Å². The highest BCUT2D eigenvalue weighted by Crippen LogP contribution is 2.26. The molecule has 2 rings (SSSR count). The maximum absolute atomic E-state index is 10.7. The molecule has 0 aromatic heterocycles. The SMILES string of the molecule is CCCCCCCCCCCCCCCc1cc(OCC(O)CN2CCN(CCO)CC2)cc(OCC(CC)CCCC)c1. The molecule has 2 atom stereocenters. The normalized spacial score (nSPS) is 15.8. The van der Waals surface area contributed by atoms with Gasteiger partial charge in [-0.05, 0) is 42.9 Å². The lowest BCUT2D eigenvalue weighted by Gasteiger charge is -2.35. The number of unbranched alkanes of at least 4 members (excludes halogenated alkanes) is 13. The van der Waals surface area contributed by atoms with E-state index >= 15 is 0 Å². The number of piperazine rings is 1. The molecular weight excluding hydrogens is 548 g/mol. The maximum Gasteiger partial charge on any atom is 0.123 e. The first-order chi connectivity index (χ1) is 21.6. The maximum atomic E-state index is 10.7. The van der Waals surface area contributed by atoms with Gasteiger partial charge >= 0.3 is 0 Å². The number of nitrogens with zero attached hydrogens (tertiary/aromatic N) is 2. The number of β-amino-alcohol motifs (C(OH)–C–C–N with tert-alkyl or cyclic N) is 2. The zero-order chi connectivity index (χ0) is 31.7. The number of hydrogen-bond donors (Lipinski definition) is 2. The summed E-state index contributed by atoms with van der Waals surface area (Å²) in [5.74, 6) is 2.29. The number of aryl methyl sites for hydroxylation is 1. The highest BCUT2D eigenvalue weighted by atomic mass is 16.5. The molecule has 0 aliphatic carbocycles. The Morgan fingerprint density at radius 1 is 0.659 bits per heavy atom. The van der Waals surface area contributed by atoms with Crippen molar-refractivity contribution in [3.05, 3.63) is 23.8 Å². The first-order valence-electron chi connectivity index (χ1n) is 18.7. The molecule has 0 bridgehead atoms. The number of benzene rings is 1. The molecule has 2 unspecified atom stereocenters. The molecule has 0 amide bonds. The summed E-state index contributed by atoms with van der Waals surface area (Å²) in [4.78, 5) is 4.57. The number of ether oxygens (including phenoxy) is 2. The average molecular weight is 619 g/mol. The Labute approximate surface area is 271 Å². The third-order valence-electron chi connectivity index (χ3n) is 9.33. The lowest BCUT2D eigenvalue weighted by molar-refractivity contribution is 0.0427. The summed E-state index contributed by atoms with van der Waals surface area (Å²) in [7, 11) is 0. The van der Waals surface area contributed by atoms with Gasteiger partial charge in [0, 0.05) is 45.3 Å². The van der Waals surface area contributed by atoms with Gasteiger partial charge in [-0.25, -0.2) is 0 Å². The van der Waals surface area contributed by atoms with Crippen LogP contribution in [-0.2, 0) is 6.42 Å². The summed E-state index contributed by atoms with van der Waals surface area (Å²) in [6.07, 6.45) is 23.1. The highest BCUT2D eigenvalue weighted by molar-refractivity contribution is 5.38. The van der Waals surface area contributed by atoms with E-state index in [2.05, 4.69) is 42.7 Å². The molecule has 0 radical (unpaired) electrons. The topological polar surface area (TPSA) is 65.4 Å². The van der Waals surface area contributed by atoms with E-state index in [1.807, 2.05) is 6.07 Å². The molecule has 0 saturated carbocycles. The fourth-order valence-electron chi connectivity index (χ4n) is 6.28. The van der Waals surface area contributed by atoms with Crippen LogP contribution in [0.15, 0.2) is 18.2 Å². The molecule has 0 spiro atoms. The highest BCUT2D eigenvalue weighted by Gasteiger charge is 2.19. The molecule has 2 N–H and O–H groups in total. The second-order valence-corrected chi connectivity index (χ2v) is 13.4. The van der Waals surface area contributed by atoms with Crippen LogP contribution in [0.25, 0.3) is 0 Å². The van der Waals surface area contributed by atoms with Crippen LogP contribution in [0.3, 0.4) is 0 Å². The zero-order valence-electron chi connectivity index (χ0n) is 29.1. The summed E-state index contributed by atoms with van der Waals surface area (Å²) < 4.78 is 12.5. The van der Waals surface area contributed by atoms with Gasteiger partial charge in [0.15, 0.2) is 0 Å². The second kappa shape index (κ2) is 25.8. The van der Waals surface area contributed by atoms with Crippen molar-refractivity contribution in [2.75, 3.05) is 59.1 Å². The monoisotopic (exact) mass is 619 g/mol. The molecule has 256 valence electrons. The van der Waals surface area contributed by atoms with Crippen LogP contribution in [-0.4, -0.2) is 85.2 Å². The van der Waals surface area contributed by atoms with E-state index in [9.17, 15) is 10.2 Å². The minimum absolute atomic E-state index is 0.207. The molecule has 6 nitrogen and oxygen atoms in total.